The van der Waals surface area contributed by atoms with Crippen LogP contribution in [0.3, 0.4) is 0 Å². The third-order valence-electron chi connectivity index (χ3n) is 3.20. The van der Waals surface area contributed by atoms with Gasteiger partial charge in [-0.2, -0.15) is 18.3 Å². The van der Waals surface area contributed by atoms with Gasteiger partial charge in [0.2, 0.25) is 0 Å². The highest BCUT2D eigenvalue weighted by Crippen LogP contribution is 2.37. The lowest BCUT2D eigenvalue weighted by molar-refractivity contribution is -0.145. The van der Waals surface area contributed by atoms with Gasteiger partial charge in [0, 0.05) is 5.56 Å². The monoisotopic (exact) mass is 266 g/mol. The number of alkyl halides is 4. The molecule has 2 rings (SSSR count). The molecule has 1 aromatic heterocycles. The number of hydrogen-bond donors (Lipinski definition) is 0. The zero-order valence-electron chi connectivity index (χ0n) is 9.30. The molecule has 2 nitrogen and oxygen atoms in total. The SMILES string of the molecule is FC(F)(F)c1c(CCl)cnn1C1CCCCC1. The van der Waals surface area contributed by atoms with Gasteiger partial charge >= 0.3 is 6.18 Å². The third-order valence-corrected chi connectivity index (χ3v) is 3.49. The predicted molar refractivity (Wildman–Crippen MR) is 58.9 cm³/mol. The van der Waals surface area contributed by atoms with E-state index in [9.17, 15) is 13.2 Å². The Balaban J connectivity index is 2.36. The van der Waals surface area contributed by atoms with Gasteiger partial charge in [-0.1, -0.05) is 19.3 Å². The van der Waals surface area contributed by atoms with Crippen LogP contribution in [0.1, 0.15) is 49.4 Å². The van der Waals surface area contributed by atoms with Gasteiger partial charge in [-0.25, -0.2) is 0 Å². The lowest BCUT2D eigenvalue weighted by Crippen LogP contribution is -2.22. The van der Waals surface area contributed by atoms with Crippen LogP contribution in [0, 0.1) is 0 Å². The Hall–Kier alpha value is -0.710. The summed E-state index contributed by atoms with van der Waals surface area (Å²) in [6, 6.07) is -0.127. The van der Waals surface area contributed by atoms with Crippen LogP contribution in [-0.2, 0) is 12.1 Å². The first-order chi connectivity index (χ1) is 8.04. The maximum absolute atomic E-state index is 13.0. The van der Waals surface area contributed by atoms with E-state index in [2.05, 4.69) is 5.10 Å². The van der Waals surface area contributed by atoms with E-state index < -0.39 is 11.9 Å². The number of halogens is 4. The van der Waals surface area contributed by atoms with Crippen molar-refractivity contribution in [1.82, 2.24) is 9.78 Å². The average molecular weight is 267 g/mol. The molecule has 6 heteroatoms. The normalized spacial score (nSPS) is 18.6. The standard InChI is InChI=1S/C11H14ClF3N2/c12-6-8-7-16-17(10(8)11(13,14)15)9-4-2-1-3-5-9/h7,9H,1-6H2. The van der Waals surface area contributed by atoms with E-state index in [0.29, 0.717) is 0 Å². The summed E-state index contributed by atoms with van der Waals surface area (Å²) in [6.45, 7) is 0. The minimum Gasteiger partial charge on any atom is -0.257 e. The van der Waals surface area contributed by atoms with E-state index in [1.165, 1.54) is 6.20 Å². The Morgan fingerprint density at radius 2 is 1.94 bits per heavy atom. The Morgan fingerprint density at radius 1 is 1.29 bits per heavy atom. The Morgan fingerprint density at radius 3 is 2.47 bits per heavy atom. The molecule has 17 heavy (non-hydrogen) atoms. The molecule has 0 aliphatic heterocycles. The highest BCUT2D eigenvalue weighted by Gasteiger charge is 2.39. The van der Waals surface area contributed by atoms with Crippen LogP contribution in [0.15, 0.2) is 6.20 Å². The van der Waals surface area contributed by atoms with Gasteiger partial charge < -0.3 is 0 Å². The second kappa shape index (κ2) is 4.88. The van der Waals surface area contributed by atoms with Crippen LogP contribution in [-0.4, -0.2) is 9.78 Å². The molecule has 1 fully saturated rings. The van der Waals surface area contributed by atoms with Gasteiger partial charge in [-0.3, -0.25) is 4.68 Å². The van der Waals surface area contributed by atoms with Crippen molar-refractivity contribution in [3.05, 3.63) is 17.5 Å². The number of nitrogens with zero attached hydrogens (tertiary/aromatic N) is 2. The van der Waals surface area contributed by atoms with Crippen LogP contribution in [0.2, 0.25) is 0 Å². The van der Waals surface area contributed by atoms with E-state index in [1.54, 1.807) is 0 Å². The molecule has 1 aromatic rings. The summed E-state index contributed by atoms with van der Waals surface area (Å²) in [5.74, 6) is -0.151. The summed E-state index contributed by atoms with van der Waals surface area (Å²) in [7, 11) is 0. The van der Waals surface area contributed by atoms with Gasteiger partial charge in [0.05, 0.1) is 18.1 Å². The van der Waals surface area contributed by atoms with Crippen LogP contribution in [0.4, 0.5) is 13.2 Å². The van der Waals surface area contributed by atoms with E-state index in [1.807, 2.05) is 0 Å². The molecule has 1 saturated carbocycles. The minimum absolute atomic E-state index is 0.0738. The molecule has 0 bridgehead atoms. The molecule has 0 saturated heterocycles. The lowest BCUT2D eigenvalue weighted by atomic mass is 9.95. The predicted octanol–water partition coefficient (Wildman–Crippen LogP) is 4.15. The summed E-state index contributed by atoms with van der Waals surface area (Å²) >= 11 is 5.54. The number of hydrogen-bond acceptors (Lipinski definition) is 1. The molecule has 1 aliphatic carbocycles. The van der Waals surface area contributed by atoms with Gasteiger partial charge in [0.15, 0.2) is 0 Å². The highest BCUT2D eigenvalue weighted by atomic mass is 35.5. The van der Waals surface area contributed by atoms with Crippen molar-refractivity contribution in [1.29, 1.82) is 0 Å². The average Bonchev–Trinajstić information content (AvgIpc) is 2.73. The second-order valence-electron chi connectivity index (χ2n) is 4.39. The van der Waals surface area contributed by atoms with Crippen LogP contribution in [0.25, 0.3) is 0 Å². The molecule has 0 unspecified atom stereocenters. The topological polar surface area (TPSA) is 17.8 Å². The van der Waals surface area contributed by atoms with E-state index in [-0.39, 0.29) is 17.5 Å². The molecule has 0 amide bonds. The highest BCUT2D eigenvalue weighted by molar-refractivity contribution is 6.17. The molecule has 96 valence electrons. The molecule has 0 radical (unpaired) electrons. The molecular weight excluding hydrogens is 253 g/mol. The quantitative estimate of drug-likeness (QED) is 0.736. The van der Waals surface area contributed by atoms with Crippen molar-refractivity contribution >= 4 is 11.6 Å². The third kappa shape index (κ3) is 2.59. The maximum Gasteiger partial charge on any atom is 0.433 e. The largest absolute Gasteiger partial charge is 0.433 e. The fraction of sp³-hybridized carbons (Fsp3) is 0.727. The fourth-order valence-electron chi connectivity index (χ4n) is 2.41. The zero-order valence-corrected chi connectivity index (χ0v) is 10.1. The first-order valence-electron chi connectivity index (χ1n) is 5.73. The fourth-order valence-corrected chi connectivity index (χ4v) is 2.61. The van der Waals surface area contributed by atoms with E-state index in [4.69, 9.17) is 11.6 Å². The number of aromatic nitrogens is 2. The molecule has 1 aliphatic rings. The van der Waals surface area contributed by atoms with Gasteiger partial charge in [0.1, 0.15) is 5.69 Å². The van der Waals surface area contributed by atoms with Crippen molar-refractivity contribution < 1.29 is 13.2 Å². The summed E-state index contributed by atoms with van der Waals surface area (Å²) in [5.41, 5.74) is -0.593. The number of rotatable bonds is 2. The van der Waals surface area contributed by atoms with Crippen LogP contribution >= 0.6 is 11.6 Å². The Labute approximate surface area is 103 Å². The molecule has 1 heterocycles. The van der Waals surface area contributed by atoms with Gasteiger partial charge in [-0.05, 0) is 12.8 Å². The molecule has 0 atom stereocenters. The molecule has 0 N–H and O–H groups in total. The zero-order chi connectivity index (χ0) is 12.5. The lowest BCUT2D eigenvalue weighted by Gasteiger charge is -2.24. The van der Waals surface area contributed by atoms with E-state index >= 15 is 0 Å². The smallest absolute Gasteiger partial charge is 0.257 e. The second-order valence-corrected chi connectivity index (χ2v) is 4.65. The van der Waals surface area contributed by atoms with Crippen molar-refractivity contribution in [2.24, 2.45) is 0 Å². The summed E-state index contributed by atoms with van der Waals surface area (Å²) in [5, 5.41) is 3.89. The van der Waals surface area contributed by atoms with Gasteiger partial charge in [0.25, 0.3) is 0 Å². The van der Waals surface area contributed by atoms with Crippen LogP contribution < -0.4 is 0 Å². The van der Waals surface area contributed by atoms with Crippen LogP contribution in [0.5, 0.6) is 0 Å². The first kappa shape index (κ1) is 12.7. The van der Waals surface area contributed by atoms with Gasteiger partial charge in [-0.15, -0.1) is 11.6 Å². The molecular formula is C11H14ClF3N2. The van der Waals surface area contributed by atoms with Crippen molar-refractivity contribution in [2.75, 3.05) is 0 Å². The van der Waals surface area contributed by atoms with E-state index in [0.717, 1.165) is 36.8 Å². The Bertz CT molecular complexity index is 381. The summed E-state index contributed by atoms with van der Waals surface area (Å²) in [4.78, 5) is 0. The first-order valence-corrected chi connectivity index (χ1v) is 6.27. The molecule has 0 aromatic carbocycles. The minimum atomic E-state index is -4.38. The van der Waals surface area contributed by atoms with Crippen molar-refractivity contribution in [3.8, 4) is 0 Å². The molecule has 0 spiro atoms. The Kier molecular flexibility index (Phi) is 3.66. The van der Waals surface area contributed by atoms with Crippen molar-refractivity contribution in [3.63, 3.8) is 0 Å². The summed E-state index contributed by atoms with van der Waals surface area (Å²) in [6.07, 6.45) is 1.44. The van der Waals surface area contributed by atoms with Crippen molar-refractivity contribution in [2.45, 2.75) is 50.2 Å². The maximum atomic E-state index is 13.0. The summed E-state index contributed by atoms with van der Waals surface area (Å²) < 4.78 is 40.0.